The van der Waals surface area contributed by atoms with Gasteiger partial charge < -0.3 is 5.11 Å². The SMILES string of the molecule is CN(c1c(O)ccc2c1CCCC2)P(N)(N)=O. The van der Waals surface area contributed by atoms with Crippen LogP contribution in [-0.4, -0.2) is 12.2 Å². The molecule has 0 saturated carbocycles. The number of anilines is 1. The summed E-state index contributed by atoms with van der Waals surface area (Å²) in [6.45, 7) is 0. The van der Waals surface area contributed by atoms with Gasteiger partial charge >= 0.3 is 0 Å². The quantitative estimate of drug-likeness (QED) is 0.700. The molecule has 5 nitrogen and oxygen atoms in total. The maximum absolute atomic E-state index is 11.7. The Morgan fingerprint density at radius 2 is 1.94 bits per heavy atom. The average Bonchev–Trinajstić information content (AvgIpc) is 2.27. The lowest BCUT2D eigenvalue weighted by atomic mass is 9.90. The first-order chi connectivity index (χ1) is 7.91. The minimum atomic E-state index is -3.38. The van der Waals surface area contributed by atoms with Crippen LogP contribution in [0.15, 0.2) is 12.1 Å². The number of hydrogen-bond donors (Lipinski definition) is 3. The van der Waals surface area contributed by atoms with Crippen LogP contribution >= 0.6 is 7.59 Å². The molecule has 0 aromatic heterocycles. The van der Waals surface area contributed by atoms with Gasteiger partial charge in [-0.3, -0.25) is 20.2 Å². The summed E-state index contributed by atoms with van der Waals surface area (Å²) in [4.78, 5) is 0. The number of phenolic OH excluding ortho intramolecular Hbond substituents is 1. The van der Waals surface area contributed by atoms with Crippen molar-refractivity contribution in [3.8, 4) is 5.75 Å². The van der Waals surface area contributed by atoms with Crippen LogP contribution in [0, 0.1) is 0 Å². The van der Waals surface area contributed by atoms with Crippen molar-refractivity contribution < 1.29 is 9.67 Å². The van der Waals surface area contributed by atoms with Gasteiger partial charge in [-0.25, -0.2) is 0 Å². The average molecular weight is 255 g/mol. The van der Waals surface area contributed by atoms with Gasteiger partial charge in [0.2, 0.25) is 0 Å². The van der Waals surface area contributed by atoms with E-state index in [-0.39, 0.29) is 5.75 Å². The summed E-state index contributed by atoms with van der Waals surface area (Å²) in [6.07, 6.45) is 4.06. The molecule has 0 heterocycles. The third-order valence-electron chi connectivity index (χ3n) is 3.27. The number of nitrogens with two attached hydrogens (primary N) is 2. The second-order valence-corrected chi connectivity index (χ2v) is 6.42. The Balaban J connectivity index is 2.56. The van der Waals surface area contributed by atoms with E-state index >= 15 is 0 Å². The Labute approximate surface area is 101 Å². The lowest BCUT2D eigenvalue weighted by molar-refractivity contribution is 0.474. The Morgan fingerprint density at radius 3 is 2.59 bits per heavy atom. The molecule has 0 atom stereocenters. The summed E-state index contributed by atoms with van der Waals surface area (Å²) in [5.74, 6) is 0.0873. The fraction of sp³-hybridized carbons (Fsp3) is 0.455. The molecule has 0 saturated heterocycles. The highest BCUT2D eigenvalue weighted by Crippen LogP contribution is 2.45. The minimum Gasteiger partial charge on any atom is -0.506 e. The third-order valence-corrected chi connectivity index (χ3v) is 4.41. The number of aryl methyl sites for hydroxylation is 1. The van der Waals surface area contributed by atoms with Gasteiger partial charge in [0.15, 0.2) is 0 Å². The fourth-order valence-electron chi connectivity index (χ4n) is 2.31. The van der Waals surface area contributed by atoms with E-state index in [2.05, 4.69) is 0 Å². The summed E-state index contributed by atoms with van der Waals surface area (Å²) >= 11 is 0. The number of aromatic hydroxyl groups is 1. The highest BCUT2D eigenvalue weighted by atomic mass is 31.2. The molecule has 94 valence electrons. The van der Waals surface area contributed by atoms with Crippen molar-refractivity contribution in [2.75, 3.05) is 11.7 Å². The van der Waals surface area contributed by atoms with Crippen LogP contribution < -0.4 is 15.7 Å². The zero-order valence-electron chi connectivity index (χ0n) is 9.89. The van der Waals surface area contributed by atoms with Crippen molar-refractivity contribution in [2.24, 2.45) is 11.0 Å². The Hall–Kier alpha value is -1.03. The van der Waals surface area contributed by atoms with Gasteiger partial charge in [-0.2, -0.15) is 0 Å². The zero-order chi connectivity index (χ0) is 12.6. The van der Waals surface area contributed by atoms with Crippen molar-refractivity contribution in [3.05, 3.63) is 23.3 Å². The summed E-state index contributed by atoms with van der Waals surface area (Å²) in [7, 11) is -1.82. The van der Waals surface area contributed by atoms with Crippen LogP contribution in [0.4, 0.5) is 5.69 Å². The minimum absolute atomic E-state index is 0.0873. The van der Waals surface area contributed by atoms with Crippen molar-refractivity contribution in [3.63, 3.8) is 0 Å². The van der Waals surface area contributed by atoms with E-state index in [1.807, 2.05) is 6.07 Å². The summed E-state index contributed by atoms with van der Waals surface area (Å²) in [6, 6.07) is 3.53. The highest BCUT2D eigenvalue weighted by molar-refractivity contribution is 7.60. The van der Waals surface area contributed by atoms with Crippen LogP contribution in [0.3, 0.4) is 0 Å². The first-order valence-electron chi connectivity index (χ1n) is 5.66. The molecular weight excluding hydrogens is 237 g/mol. The summed E-state index contributed by atoms with van der Waals surface area (Å²) in [5, 5.41) is 9.93. The van der Waals surface area contributed by atoms with Gasteiger partial charge in [-0.05, 0) is 42.9 Å². The molecule has 17 heavy (non-hydrogen) atoms. The molecule has 1 aromatic carbocycles. The molecule has 0 unspecified atom stereocenters. The first-order valence-corrected chi connectivity index (χ1v) is 7.46. The van der Waals surface area contributed by atoms with Gasteiger partial charge in [0.25, 0.3) is 7.59 Å². The van der Waals surface area contributed by atoms with Gasteiger partial charge in [0.1, 0.15) is 5.75 Å². The lowest BCUT2D eigenvalue weighted by Crippen LogP contribution is -2.26. The Kier molecular flexibility index (Phi) is 3.17. The molecule has 0 aliphatic heterocycles. The predicted molar refractivity (Wildman–Crippen MR) is 69.1 cm³/mol. The van der Waals surface area contributed by atoms with Gasteiger partial charge in [-0.1, -0.05) is 6.07 Å². The van der Waals surface area contributed by atoms with Gasteiger partial charge in [0.05, 0.1) is 5.69 Å². The van der Waals surface area contributed by atoms with Crippen LogP contribution in [0.2, 0.25) is 0 Å². The molecule has 1 aliphatic rings. The molecule has 0 spiro atoms. The smallest absolute Gasteiger partial charge is 0.300 e. The van der Waals surface area contributed by atoms with Gasteiger partial charge in [0, 0.05) is 7.05 Å². The zero-order valence-corrected chi connectivity index (χ0v) is 10.8. The second-order valence-electron chi connectivity index (χ2n) is 4.47. The molecule has 6 heteroatoms. The van der Waals surface area contributed by atoms with Crippen molar-refractivity contribution in [1.29, 1.82) is 0 Å². The molecule has 2 rings (SSSR count). The van der Waals surface area contributed by atoms with E-state index in [0.29, 0.717) is 5.69 Å². The molecule has 0 fully saturated rings. The van der Waals surface area contributed by atoms with E-state index in [9.17, 15) is 9.67 Å². The first kappa shape index (κ1) is 12.4. The Morgan fingerprint density at radius 1 is 1.29 bits per heavy atom. The van der Waals surface area contributed by atoms with E-state index in [1.54, 1.807) is 13.1 Å². The molecule has 5 N–H and O–H groups in total. The Bertz CT molecular complexity index is 484. The molecule has 0 radical (unpaired) electrons. The maximum atomic E-state index is 11.7. The molecule has 1 aliphatic carbocycles. The van der Waals surface area contributed by atoms with E-state index in [4.69, 9.17) is 11.0 Å². The largest absolute Gasteiger partial charge is 0.506 e. The maximum Gasteiger partial charge on any atom is 0.300 e. The summed E-state index contributed by atoms with van der Waals surface area (Å²) in [5.41, 5.74) is 13.7. The number of nitrogens with zero attached hydrogens (tertiary/aromatic N) is 1. The monoisotopic (exact) mass is 255 g/mol. The van der Waals surface area contributed by atoms with E-state index < -0.39 is 7.59 Å². The van der Waals surface area contributed by atoms with E-state index in [1.165, 1.54) is 10.2 Å². The van der Waals surface area contributed by atoms with Crippen molar-refractivity contribution >= 4 is 13.3 Å². The molecular formula is C11H18N3O2P. The number of benzene rings is 1. The second kappa shape index (κ2) is 4.33. The number of phenols is 1. The predicted octanol–water partition coefficient (Wildman–Crippen LogP) is 1.73. The van der Waals surface area contributed by atoms with Crippen molar-refractivity contribution in [1.82, 2.24) is 0 Å². The van der Waals surface area contributed by atoms with Crippen molar-refractivity contribution in [2.45, 2.75) is 25.7 Å². The molecule has 1 aromatic rings. The topological polar surface area (TPSA) is 92.6 Å². The highest BCUT2D eigenvalue weighted by Gasteiger charge is 2.25. The van der Waals surface area contributed by atoms with Crippen LogP contribution in [0.5, 0.6) is 5.75 Å². The van der Waals surface area contributed by atoms with Crippen LogP contribution in [-0.2, 0) is 17.4 Å². The molecule has 0 bridgehead atoms. The van der Waals surface area contributed by atoms with Crippen LogP contribution in [0.25, 0.3) is 0 Å². The number of rotatable bonds is 2. The summed E-state index contributed by atoms with van der Waals surface area (Å²) < 4.78 is 13.0. The normalized spacial score (nSPS) is 15.5. The molecule has 0 amide bonds. The third kappa shape index (κ3) is 2.32. The lowest BCUT2D eigenvalue weighted by Gasteiger charge is -2.29. The van der Waals surface area contributed by atoms with Crippen LogP contribution in [0.1, 0.15) is 24.0 Å². The fourth-order valence-corrected chi connectivity index (χ4v) is 2.85. The number of fused-ring (bicyclic) bond motifs is 1. The number of hydrogen-bond acceptors (Lipinski definition) is 2. The van der Waals surface area contributed by atoms with Gasteiger partial charge in [-0.15, -0.1) is 0 Å². The standard InChI is InChI=1S/C11H18N3O2P/c1-14(17(12,13)16)11-9-5-3-2-4-8(9)6-7-10(11)15/h6-7,15H,2-5H2,1H3,(H4,12,13,16). The van der Waals surface area contributed by atoms with E-state index in [0.717, 1.165) is 31.2 Å².